The molecule has 2 heterocycles. The van der Waals surface area contributed by atoms with Crippen molar-refractivity contribution in [1.82, 2.24) is 9.88 Å². The lowest BCUT2D eigenvalue weighted by atomic mass is 10.1. The molecule has 0 saturated carbocycles. The van der Waals surface area contributed by atoms with Crippen LogP contribution in [-0.4, -0.2) is 54.2 Å². The Balaban J connectivity index is 2.26. The number of aliphatic imine (C=N–C) groups is 2. The van der Waals surface area contributed by atoms with Crippen molar-refractivity contribution in [2.45, 2.75) is 26.8 Å². The molecule has 1 unspecified atom stereocenters. The number of pyridine rings is 1. The second kappa shape index (κ2) is 14.4. The summed E-state index contributed by atoms with van der Waals surface area (Å²) in [7, 11) is 0. The van der Waals surface area contributed by atoms with Crippen LogP contribution in [0.4, 0.5) is 0 Å². The Morgan fingerprint density at radius 2 is 2.00 bits per heavy atom. The monoisotopic (exact) mass is 460 g/mol. The van der Waals surface area contributed by atoms with Crippen LogP contribution in [0.5, 0.6) is 0 Å². The van der Waals surface area contributed by atoms with Crippen molar-refractivity contribution in [2.75, 3.05) is 26.3 Å². The van der Waals surface area contributed by atoms with Crippen LogP contribution in [0.25, 0.3) is 5.70 Å². The molecular formula is C27H36N6O. The highest BCUT2D eigenvalue weighted by Crippen LogP contribution is 2.14. The van der Waals surface area contributed by atoms with Gasteiger partial charge in [-0.25, -0.2) is 4.99 Å². The van der Waals surface area contributed by atoms with Gasteiger partial charge in [-0.2, -0.15) is 0 Å². The number of nitrogens with two attached hydrogens (primary N) is 2. The molecule has 1 saturated heterocycles. The van der Waals surface area contributed by atoms with E-state index in [0.717, 1.165) is 35.9 Å². The van der Waals surface area contributed by atoms with Crippen molar-refractivity contribution in [3.05, 3.63) is 96.3 Å². The summed E-state index contributed by atoms with van der Waals surface area (Å²) in [4.78, 5) is 15.9. The number of hydrogen-bond acceptors (Lipinski definition) is 7. The minimum atomic E-state index is -0.109. The van der Waals surface area contributed by atoms with Crippen LogP contribution in [0.1, 0.15) is 26.5 Å². The normalized spacial score (nSPS) is 18.1. The number of hydrogen-bond donors (Lipinski definition) is 2. The van der Waals surface area contributed by atoms with Gasteiger partial charge in [-0.15, -0.1) is 0 Å². The third-order valence-corrected chi connectivity index (χ3v) is 4.89. The third kappa shape index (κ3) is 9.03. The van der Waals surface area contributed by atoms with Crippen molar-refractivity contribution in [2.24, 2.45) is 21.5 Å². The van der Waals surface area contributed by atoms with Crippen LogP contribution in [0.2, 0.25) is 0 Å². The molecule has 7 nitrogen and oxygen atoms in total. The molecule has 0 bridgehead atoms. The van der Waals surface area contributed by atoms with E-state index in [0.29, 0.717) is 24.6 Å². The number of rotatable bonds is 10. The Hall–Kier alpha value is -3.71. The van der Waals surface area contributed by atoms with Gasteiger partial charge in [-0.05, 0) is 56.7 Å². The van der Waals surface area contributed by atoms with Crippen molar-refractivity contribution in [3.63, 3.8) is 0 Å². The Bertz CT molecular complexity index is 1010. The predicted octanol–water partition coefficient (Wildman–Crippen LogP) is 4.01. The first-order valence-corrected chi connectivity index (χ1v) is 11.4. The number of allylic oxidation sites excluding steroid dienone is 6. The summed E-state index contributed by atoms with van der Waals surface area (Å²) in [6.45, 7) is 12.5. The minimum absolute atomic E-state index is 0.109. The van der Waals surface area contributed by atoms with Gasteiger partial charge >= 0.3 is 0 Å². The van der Waals surface area contributed by atoms with Crippen LogP contribution in [0, 0.1) is 0 Å². The SMILES string of the molecule is C=C/C=C(\C=C/C)C(/N)=C/C(C)=N/C(=C\C(C)N=C/C=C(\N)c1ccccn1)N1CCOCC1. The summed E-state index contributed by atoms with van der Waals surface area (Å²) in [5.41, 5.74) is 16.0. The van der Waals surface area contributed by atoms with Gasteiger partial charge in [0.15, 0.2) is 0 Å². The summed E-state index contributed by atoms with van der Waals surface area (Å²) >= 11 is 0. The lowest BCUT2D eigenvalue weighted by Gasteiger charge is -2.29. The van der Waals surface area contributed by atoms with E-state index in [9.17, 15) is 0 Å². The van der Waals surface area contributed by atoms with E-state index in [-0.39, 0.29) is 6.04 Å². The van der Waals surface area contributed by atoms with E-state index in [4.69, 9.17) is 21.2 Å². The highest BCUT2D eigenvalue weighted by atomic mass is 16.5. The molecule has 1 aromatic heterocycles. The molecule has 0 aliphatic carbocycles. The second-order valence-electron chi connectivity index (χ2n) is 7.71. The van der Waals surface area contributed by atoms with Gasteiger partial charge in [-0.3, -0.25) is 9.98 Å². The van der Waals surface area contributed by atoms with E-state index in [1.54, 1.807) is 24.6 Å². The summed E-state index contributed by atoms with van der Waals surface area (Å²) in [6.07, 6.45) is 16.6. The number of morpholine rings is 1. The standard InChI is InChI=1S/C27H36N6O/c1-5-9-23(10-6-2)25(29)19-22(4)32-27(33-15-17-34-18-16-33)20-21(3)30-14-12-24(28)26-11-7-8-13-31-26/h5-14,19-21H,1,15-18,28-29H2,2-4H3/b10-6-,23-9+,24-12-,25-19-,27-20+,30-14?,32-22+. The molecule has 34 heavy (non-hydrogen) atoms. The zero-order valence-electron chi connectivity index (χ0n) is 20.4. The maximum Gasteiger partial charge on any atom is 0.127 e. The van der Waals surface area contributed by atoms with Gasteiger partial charge in [0, 0.05) is 36.9 Å². The van der Waals surface area contributed by atoms with E-state index < -0.39 is 0 Å². The topological polar surface area (TPSA) is 102 Å². The fourth-order valence-electron chi connectivity index (χ4n) is 3.22. The number of aromatic nitrogens is 1. The summed E-state index contributed by atoms with van der Waals surface area (Å²) in [5, 5.41) is 0. The van der Waals surface area contributed by atoms with Gasteiger partial charge in [0.2, 0.25) is 0 Å². The maximum absolute atomic E-state index is 6.30. The lowest BCUT2D eigenvalue weighted by molar-refractivity contribution is 0.0529. The first-order valence-electron chi connectivity index (χ1n) is 11.4. The van der Waals surface area contributed by atoms with Crippen LogP contribution in [-0.2, 0) is 4.74 Å². The van der Waals surface area contributed by atoms with Crippen molar-refractivity contribution < 1.29 is 4.74 Å². The first-order chi connectivity index (χ1) is 16.4. The molecule has 1 atom stereocenters. The highest BCUT2D eigenvalue weighted by molar-refractivity contribution is 5.94. The molecule has 0 aromatic carbocycles. The minimum Gasteiger partial charge on any atom is -0.398 e. The van der Waals surface area contributed by atoms with E-state index in [1.807, 2.05) is 69.4 Å². The average Bonchev–Trinajstić information content (AvgIpc) is 2.84. The number of nitrogens with zero attached hydrogens (tertiary/aromatic N) is 4. The van der Waals surface area contributed by atoms with Crippen molar-refractivity contribution in [3.8, 4) is 0 Å². The molecule has 1 aromatic rings. The predicted molar refractivity (Wildman–Crippen MR) is 143 cm³/mol. The Kier molecular flexibility index (Phi) is 11.3. The van der Waals surface area contributed by atoms with E-state index >= 15 is 0 Å². The fourth-order valence-corrected chi connectivity index (χ4v) is 3.22. The van der Waals surface area contributed by atoms with E-state index in [2.05, 4.69) is 21.5 Å². The van der Waals surface area contributed by atoms with Crippen LogP contribution < -0.4 is 11.5 Å². The molecular weight excluding hydrogens is 424 g/mol. The van der Waals surface area contributed by atoms with Crippen LogP contribution in [0.15, 0.2) is 101 Å². The first kappa shape index (κ1) is 26.5. The van der Waals surface area contributed by atoms with Gasteiger partial charge in [-0.1, -0.05) is 36.9 Å². The fraction of sp³-hybridized carbons (Fsp3) is 0.296. The maximum atomic E-state index is 6.30. The number of ether oxygens (including phenoxy) is 1. The molecule has 1 aliphatic rings. The third-order valence-electron chi connectivity index (χ3n) is 4.89. The molecule has 1 aliphatic heterocycles. The second-order valence-corrected chi connectivity index (χ2v) is 7.71. The summed E-state index contributed by atoms with van der Waals surface area (Å²) < 4.78 is 5.51. The smallest absolute Gasteiger partial charge is 0.127 e. The largest absolute Gasteiger partial charge is 0.398 e. The molecule has 2 rings (SSSR count). The lowest BCUT2D eigenvalue weighted by Crippen LogP contribution is -2.35. The van der Waals surface area contributed by atoms with Crippen molar-refractivity contribution >= 4 is 17.6 Å². The summed E-state index contributed by atoms with van der Waals surface area (Å²) in [6, 6.07) is 5.51. The molecule has 0 radical (unpaired) electrons. The van der Waals surface area contributed by atoms with Gasteiger partial charge in [0.1, 0.15) is 5.82 Å². The zero-order chi connectivity index (χ0) is 24.8. The molecule has 180 valence electrons. The Morgan fingerprint density at radius 1 is 1.24 bits per heavy atom. The van der Waals surface area contributed by atoms with Crippen LogP contribution >= 0.6 is 0 Å². The average molecular weight is 461 g/mol. The quantitative estimate of drug-likeness (QED) is 0.406. The molecule has 7 heteroatoms. The van der Waals surface area contributed by atoms with Crippen LogP contribution in [0.3, 0.4) is 0 Å². The highest BCUT2D eigenvalue weighted by Gasteiger charge is 2.14. The molecule has 0 amide bonds. The molecule has 4 N–H and O–H groups in total. The Labute approximate surface area is 203 Å². The van der Waals surface area contributed by atoms with Gasteiger partial charge in [0.25, 0.3) is 0 Å². The van der Waals surface area contributed by atoms with E-state index in [1.165, 1.54) is 0 Å². The molecule has 1 fully saturated rings. The molecule has 0 spiro atoms. The van der Waals surface area contributed by atoms with Gasteiger partial charge in [0.05, 0.1) is 30.6 Å². The zero-order valence-corrected chi connectivity index (χ0v) is 20.4. The Morgan fingerprint density at radius 3 is 2.65 bits per heavy atom. The van der Waals surface area contributed by atoms with Gasteiger partial charge < -0.3 is 21.1 Å². The van der Waals surface area contributed by atoms with Crippen molar-refractivity contribution in [1.29, 1.82) is 0 Å². The summed E-state index contributed by atoms with van der Waals surface area (Å²) in [5.74, 6) is 0.844.